The lowest BCUT2D eigenvalue weighted by Crippen LogP contribution is -2.24. The van der Waals surface area contributed by atoms with Gasteiger partial charge in [-0.3, -0.25) is 4.79 Å². The zero-order chi connectivity index (χ0) is 20.1. The third-order valence-corrected chi connectivity index (χ3v) is 5.48. The van der Waals surface area contributed by atoms with Gasteiger partial charge >= 0.3 is 0 Å². The second-order valence-electron chi connectivity index (χ2n) is 6.28. The van der Waals surface area contributed by atoms with Crippen LogP contribution in [0.25, 0.3) is 0 Å². The minimum absolute atomic E-state index is 0.0887. The Morgan fingerprint density at radius 1 is 0.964 bits per heavy atom. The average molecular weight is 398 g/mol. The van der Waals surface area contributed by atoms with Crippen molar-refractivity contribution in [1.82, 2.24) is 4.72 Å². The number of carbonyl (C=O) groups is 1. The molecule has 0 fully saturated rings. The molecule has 0 saturated heterocycles. The van der Waals surface area contributed by atoms with E-state index in [4.69, 9.17) is 0 Å². The first-order valence-electron chi connectivity index (χ1n) is 8.56. The molecule has 144 valence electrons. The minimum Gasteiger partial charge on any atom is -0.322 e. The number of sulfonamides is 1. The number of hydrogen-bond acceptors (Lipinski definition) is 3. The maximum atomic E-state index is 14.2. The molecular formula is C21H19FN2O3S. The van der Waals surface area contributed by atoms with E-state index in [1.807, 2.05) is 19.1 Å². The smallest absolute Gasteiger partial charge is 0.258 e. The van der Waals surface area contributed by atoms with E-state index >= 15 is 0 Å². The molecule has 0 heterocycles. The molecular weight excluding hydrogens is 379 g/mol. The van der Waals surface area contributed by atoms with E-state index in [1.165, 1.54) is 0 Å². The summed E-state index contributed by atoms with van der Waals surface area (Å²) in [6, 6.07) is 19.2. The molecule has 7 heteroatoms. The highest BCUT2D eigenvalue weighted by Gasteiger charge is 2.19. The van der Waals surface area contributed by atoms with Gasteiger partial charge in [-0.05, 0) is 48.4 Å². The highest BCUT2D eigenvalue weighted by molar-refractivity contribution is 7.89. The van der Waals surface area contributed by atoms with Gasteiger partial charge in [0.2, 0.25) is 10.0 Å². The Hall–Kier alpha value is -3.03. The van der Waals surface area contributed by atoms with Gasteiger partial charge in [0.05, 0.1) is 10.5 Å². The maximum absolute atomic E-state index is 14.2. The second kappa shape index (κ2) is 8.33. The lowest BCUT2D eigenvalue weighted by Gasteiger charge is -2.10. The van der Waals surface area contributed by atoms with Crippen molar-refractivity contribution in [3.05, 3.63) is 95.3 Å². The molecule has 0 aliphatic heterocycles. The Bertz CT molecular complexity index is 1100. The standard InChI is InChI=1S/C21H19FN2O3S/c1-15-6-5-9-17(12-15)24-21(25)19-13-18(10-11-20(19)22)28(26,27)23-14-16-7-3-2-4-8-16/h2-13,23H,14H2,1H3,(H,24,25). The third kappa shape index (κ3) is 4.82. The zero-order valence-corrected chi connectivity index (χ0v) is 16.0. The number of amides is 1. The lowest BCUT2D eigenvalue weighted by atomic mass is 10.1. The summed E-state index contributed by atoms with van der Waals surface area (Å²) in [5.41, 5.74) is 1.87. The van der Waals surface area contributed by atoms with Crippen molar-refractivity contribution >= 4 is 21.6 Å². The molecule has 1 amide bonds. The van der Waals surface area contributed by atoms with Crippen molar-refractivity contribution in [1.29, 1.82) is 0 Å². The first-order valence-corrected chi connectivity index (χ1v) is 10.0. The van der Waals surface area contributed by atoms with Crippen LogP contribution >= 0.6 is 0 Å². The quantitative estimate of drug-likeness (QED) is 0.662. The van der Waals surface area contributed by atoms with E-state index in [0.717, 1.165) is 29.3 Å². The molecule has 28 heavy (non-hydrogen) atoms. The van der Waals surface area contributed by atoms with Gasteiger partial charge in [-0.2, -0.15) is 0 Å². The van der Waals surface area contributed by atoms with E-state index in [1.54, 1.807) is 42.5 Å². The minimum atomic E-state index is -3.91. The van der Waals surface area contributed by atoms with Crippen LogP contribution in [-0.2, 0) is 16.6 Å². The van der Waals surface area contributed by atoms with Crippen LogP contribution < -0.4 is 10.0 Å². The van der Waals surface area contributed by atoms with Gasteiger partial charge in [0.25, 0.3) is 5.91 Å². The number of nitrogens with one attached hydrogen (secondary N) is 2. The number of anilines is 1. The Kier molecular flexibility index (Phi) is 5.87. The Labute approximate surface area is 163 Å². The monoisotopic (exact) mass is 398 g/mol. The molecule has 3 aromatic carbocycles. The molecule has 0 atom stereocenters. The fourth-order valence-electron chi connectivity index (χ4n) is 2.62. The maximum Gasteiger partial charge on any atom is 0.258 e. The average Bonchev–Trinajstić information content (AvgIpc) is 2.67. The molecule has 0 spiro atoms. The van der Waals surface area contributed by atoms with Crippen LogP contribution in [0.5, 0.6) is 0 Å². The van der Waals surface area contributed by atoms with Crippen LogP contribution in [0.3, 0.4) is 0 Å². The predicted octanol–water partition coefficient (Wildman–Crippen LogP) is 3.86. The molecule has 0 radical (unpaired) electrons. The van der Waals surface area contributed by atoms with Crippen LogP contribution in [-0.4, -0.2) is 14.3 Å². The number of hydrogen-bond donors (Lipinski definition) is 2. The molecule has 0 bridgehead atoms. The fraction of sp³-hybridized carbons (Fsp3) is 0.0952. The normalized spacial score (nSPS) is 11.2. The highest BCUT2D eigenvalue weighted by Crippen LogP contribution is 2.18. The largest absolute Gasteiger partial charge is 0.322 e. The second-order valence-corrected chi connectivity index (χ2v) is 8.04. The Morgan fingerprint density at radius 2 is 1.71 bits per heavy atom. The van der Waals surface area contributed by atoms with Gasteiger partial charge in [0, 0.05) is 12.2 Å². The Balaban J connectivity index is 1.81. The summed E-state index contributed by atoms with van der Waals surface area (Å²) < 4.78 is 41.7. The summed E-state index contributed by atoms with van der Waals surface area (Å²) >= 11 is 0. The topological polar surface area (TPSA) is 75.3 Å². The summed E-state index contributed by atoms with van der Waals surface area (Å²) in [6.45, 7) is 1.95. The summed E-state index contributed by atoms with van der Waals surface area (Å²) in [5.74, 6) is -1.52. The van der Waals surface area contributed by atoms with Crippen molar-refractivity contribution in [3.8, 4) is 0 Å². The molecule has 0 aliphatic carbocycles. The van der Waals surface area contributed by atoms with E-state index < -0.39 is 21.7 Å². The summed E-state index contributed by atoms with van der Waals surface area (Å²) in [7, 11) is -3.91. The highest BCUT2D eigenvalue weighted by atomic mass is 32.2. The number of carbonyl (C=O) groups excluding carboxylic acids is 1. The third-order valence-electron chi connectivity index (χ3n) is 4.08. The van der Waals surface area contributed by atoms with Gasteiger partial charge in [-0.1, -0.05) is 42.5 Å². The van der Waals surface area contributed by atoms with E-state index in [-0.39, 0.29) is 17.0 Å². The van der Waals surface area contributed by atoms with Crippen molar-refractivity contribution in [2.24, 2.45) is 0 Å². The van der Waals surface area contributed by atoms with Crippen molar-refractivity contribution in [2.75, 3.05) is 5.32 Å². The molecule has 3 rings (SSSR count). The van der Waals surface area contributed by atoms with Gasteiger partial charge in [-0.15, -0.1) is 0 Å². The molecule has 0 unspecified atom stereocenters. The van der Waals surface area contributed by atoms with Crippen LogP contribution in [0.1, 0.15) is 21.5 Å². The van der Waals surface area contributed by atoms with Crippen LogP contribution in [0, 0.1) is 12.7 Å². The Morgan fingerprint density at radius 3 is 2.43 bits per heavy atom. The number of benzene rings is 3. The molecule has 0 aliphatic rings. The lowest BCUT2D eigenvalue weighted by molar-refractivity contribution is 0.102. The van der Waals surface area contributed by atoms with Gasteiger partial charge < -0.3 is 5.32 Å². The van der Waals surface area contributed by atoms with E-state index in [2.05, 4.69) is 10.0 Å². The van der Waals surface area contributed by atoms with Crippen LogP contribution in [0.4, 0.5) is 10.1 Å². The molecule has 2 N–H and O–H groups in total. The van der Waals surface area contributed by atoms with Crippen molar-refractivity contribution in [2.45, 2.75) is 18.4 Å². The molecule has 0 saturated carbocycles. The summed E-state index contributed by atoms with van der Waals surface area (Å²) in [5, 5.41) is 2.58. The molecule has 3 aromatic rings. The first kappa shape index (κ1) is 19.7. The predicted molar refractivity (Wildman–Crippen MR) is 106 cm³/mol. The number of halogens is 1. The fourth-order valence-corrected chi connectivity index (χ4v) is 3.67. The van der Waals surface area contributed by atoms with Crippen molar-refractivity contribution in [3.63, 3.8) is 0 Å². The molecule has 0 aromatic heterocycles. The summed E-state index contributed by atoms with van der Waals surface area (Å²) in [4.78, 5) is 12.3. The van der Waals surface area contributed by atoms with Gasteiger partial charge in [0.15, 0.2) is 0 Å². The van der Waals surface area contributed by atoms with Gasteiger partial charge in [0.1, 0.15) is 5.82 Å². The number of aryl methyl sites for hydroxylation is 1. The van der Waals surface area contributed by atoms with Gasteiger partial charge in [-0.25, -0.2) is 17.5 Å². The van der Waals surface area contributed by atoms with Crippen LogP contribution in [0.2, 0.25) is 0 Å². The van der Waals surface area contributed by atoms with Crippen molar-refractivity contribution < 1.29 is 17.6 Å². The van der Waals surface area contributed by atoms with E-state index in [9.17, 15) is 17.6 Å². The molecule has 5 nitrogen and oxygen atoms in total. The SMILES string of the molecule is Cc1cccc(NC(=O)c2cc(S(=O)(=O)NCc3ccccc3)ccc2F)c1. The van der Waals surface area contributed by atoms with Crippen LogP contribution in [0.15, 0.2) is 77.7 Å². The number of rotatable bonds is 6. The zero-order valence-electron chi connectivity index (χ0n) is 15.1. The van der Waals surface area contributed by atoms with E-state index in [0.29, 0.717) is 5.69 Å². The summed E-state index contributed by atoms with van der Waals surface area (Å²) in [6.07, 6.45) is 0. The first-order chi connectivity index (χ1) is 13.3.